The normalized spacial score (nSPS) is 20.6. The van der Waals surface area contributed by atoms with Gasteiger partial charge in [-0.05, 0) is 29.5 Å². The highest BCUT2D eigenvalue weighted by Crippen LogP contribution is 2.48. The standard InChI is InChI=1S/C20H23N3O4/c1-20(2)8-11-16(12(24)9-20)15(17-18(21-11)22-23-19(17)25)10-5-6-13(26-3)14(7-10)27-4/h5-7,15H,8-9H2,1-4H3,(H3,21,22,23,25)/t15-/m1/s1. The fraction of sp³-hybridized carbons (Fsp3) is 0.400. The highest BCUT2D eigenvalue weighted by molar-refractivity contribution is 6.01. The number of hydrogen-bond acceptors (Lipinski definition) is 5. The van der Waals surface area contributed by atoms with Crippen LogP contribution in [0.1, 0.15) is 43.7 Å². The van der Waals surface area contributed by atoms with Crippen LogP contribution >= 0.6 is 0 Å². The average Bonchev–Trinajstić information content (AvgIpc) is 2.99. The first-order chi connectivity index (χ1) is 12.8. The van der Waals surface area contributed by atoms with Crippen LogP contribution in [0.3, 0.4) is 0 Å². The fourth-order valence-corrected chi connectivity index (χ4v) is 4.18. The van der Waals surface area contributed by atoms with Crippen molar-refractivity contribution in [3.05, 3.63) is 50.9 Å². The van der Waals surface area contributed by atoms with Crippen molar-refractivity contribution in [2.45, 2.75) is 32.6 Å². The number of carbonyl (C=O) groups is 1. The minimum absolute atomic E-state index is 0.0692. The Morgan fingerprint density at radius 1 is 1.04 bits per heavy atom. The summed E-state index contributed by atoms with van der Waals surface area (Å²) in [4.78, 5) is 25.6. The Hall–Kier alpha value is -2.96. The van der Waals surface area contributed by atoms with Crippen LogP contribution < -0.4 is 20.3 Å². The summed E-state index contributed by atoms with van der Waals surface area (Å²) < 4.78 is 10.7. The number of carbonyl (C=O) groups excluding carboxylic acids is 1. The second-order valence-corrected chi connectivity index (χ2v) is 7.87. The molecule has 1 aromatic heterocycles. The van der Waals surface area contributed by atoms with Gasteiger partial charge in [0.15, 0.2) is 17.3 Å². The van der Waals surface area contributed by atoms with E-state index in [1.54, 1.807) is 20.3 Å². The fourth-order valence-electron chi connectivity index (χ4n) is 4.18. The molecule has 0 bridgehead atoms. The SMILES string of the molecule is COc1ccc([C@@H]2C3=C(CC(C)(C)CC3=O)Nc3[nH][nH]c(=O)c32)cc1OC. The summed E-state index contributed by atoms with van der Waals surface area (Å²) in [5.41, 5.74) is 2.52. The van der Waals surface area contributed by atoms with E-state index in [4.69, 9.17) is 9.47 Å². The van der Waals surface area contributed by atoms with Crippen LogP contribution in [0.5, 0.6) is 11.5 Å². The van der Waals surface area contributed by atoms with E-state index < -0.39 is 5.92 Å². The lowest BCUT2D eigenvalue weighted by molar-refractivity contribution is -0.118. The Morgan fingerprint density at radius 3 is 2.48 bits per heavy atom. The van der Waals surface area contributed by atoms with E-state index in [0.717, 1.165) is 17.7 Å². The minimum Gasteiger partial charge on any atom is -0.493 e. The third-order valence-electron chi connectivity index (χ3n) is 5.33. The number of anilines is 1. The molecule has 3 N–H and O–H groups in total. The smallest absolute Gasteiger partial charge is 0.270 e. The molecule has 7 nitrogen and oxygen atoms in total. The van der Waals surface area contributed by atoms with Crippen molar-refractivity contribution in [3.8, 4) is 11.5 Å². The van der Waals surface area contributed by atoms with E-state index in [1.807, 2.05) is 12.1 Å². The van der Waals surface area contributed by atoms with Crippen LogP contribution in [0.25, 0.3) is 0 Å². The Morgan fingerprint density at radius 2 is 1.78 bits per heavy atom. The first kappa shape index (κ1) is 17.5. The number of aromatic nitrogens is 2. The van der Waals surface area contributed by atoms with Gasteiger partial charge in [0, 0.05) is 23.6 Å². The van der Waals surface area contributed by atoms with Crippen LogP contribution in [0, 0.1) is 5.41 Å². The Bertz CT molecular complexity index is 1010. The van der Waals surface area contributed by atoms with Crippen LogP contribution in [0.4, 0.5) is 5.82 Å². The van der Waals surface area contributed by atoms with Gasteiger partial charge in [0.1, 0.15) is 5.82 Å². The van der Waals surface area contributed by atoms with Crippen LogP contribution in [-0.2, 0) is 4.79 Å². The van der Waals surface area contributed by atoms with Gasteiger partial charge in [0.25, 0.3) is 5.56 Å². The maximum absolute atomic E-state index is 13.1. The quantitative estimate of drug-likeness (QED) is 0.773. The van der Waals surface area contributed by atoms with Crippen molar-refractivity contribution in [3.63, 3.8) is 0 Å². The second kappa shape index (κ2) is 6.04. The molecule has 7 heteroatoms. The number of benzene rings is 1. The van der Waals surface area contributed by atoms with Gasteiger partial charge in [0.2, 0.25) is 0 Å². The predicted octanol–water partition coefficient (Wildman–Crippen LogP) is 2.92. The number of ether oxygens (including phenoxy) is 2. The third kappa shape index (κ3) is 2.74. The zero-order chi connectivity index (χ0) is 19.3. The molecule has 27 heavy (non-hydrogen) atoms. The van der Waals surface area contributed by atoms with E-state index in [9.17, 15) is 9.59 Å². The molecule has 0 saturated heterocycles. The first-order valence-corrected chi connectivity index (χ1v) is 8.90. The molecule has 1 aromatic carbocycles. The van der Waals surface area contributed by atoms with Crippen LogP contribution in [0.15, 0.2) is 34.3 Å². The summed E-state index contributed by atoms with van der Waals surface area (Å²) >= 11 is 0. The zero-order valence-corrected chi connectivity index (χ0v) is 15.9. The molecule has 1 aliphatic heterocycles. The van der Waals surface area contributed by atoms with Gasteiger partial charge in [-0.3, -0.25) is 19.8 Å². The van der Waals surface area contributed by atoms with E-state index in [-0.39, 0.29) is 16.8 Å². The number of allylic oxidation sites excluding steroid dienone is 2. The summed E-state index contributed by atoms with van der Waals surface area (Å²) in [6.07, 6.45) is 1.19. The number of nitrogens with one attached hydrogen (secondary N) is 3. The number of hydrogen-bond donors (Lipinski definition) is 3. The molecule has 0 spiro atoms. The van der Waals surface area contributed by atoms with Crippen molar-refractivity contribution in [1.82, 2.24) is 10.2 Å². The van der Waals surface area contributed by atoms with Crippen molar-refractivity contribution in [2.24, 2.45) is 5.41 Å². The molecule has 2 aromatic rings. The third-order valence-corrected chi connectivity index (χ3v) is 5.33. The molecular formula is C20H23N3O4. The summed E-state index contributed by atoms with van der Waals surface area (Å²) in [6, 6.07) is 5.52. The van der Waals surface area contributed by atoms with E-state index >= 15 is 0 Å². The number of aromatic amines is 2. The van der Waals surface area contributed by atoms with Crippen LogP contribution in [-0.4, -0.2) is 30.2 Å². The zero-order valence-electron chi connectivity index (χ0n) is 15.9. The molecule has 2 heterocycles. The van der Waals surface area contributed by atoms with Gasteiger partial charge in [-0.15, -0.1) is 0 Å². The molecule has 1 atom stereocenters. The van der Waals surface area contributed by atoms with Gasteiger partial charge in [-0.25, -0.2) is 0 Å². The van der Waals surface area contributed by atoms with Gasteiger partial charge in [-0.2, -0.15) is 0 Å². The highest BCUT2D eigenvalue weighted by atomic mass is 16.5. The summed E-state index contributed by atoms with van der Waals surface area (Å²) in [7, 11) is 3.14. The lowest BCUT2D eigenvalue weighted by Gasteiger charge is -2.38. The van der Waals surface area contributed by atoms with Gasteiger partial charge in [0.05, 0.1) is 19.8 Å². The summed E-state index contributed by atoms with van der Waals surface area (Å²) in [5, 5.41) is 8.81. The van der Waals surface area contributed by atoms with Gasteiger partial charge in [-0.1, -0.05) is 19.9 Å². The summed E-state index contributed by atoms with van der Waals surface area (Å²) in [5.74, 6) is 1.40. The van der Waals surface area contributed by atoms with Crippen LogP contribution in [0.2, 0.25) is 0 Å². The number of Topliss-reactive ketones (excluding diaryl/α,β-unsaturated/α-hetero) is 1. The minimum atomic E-state index is -0.449. The Labute approximate surface area is 156 Å². The number of ketones is 1. The largest absolute Gasteiger partial charge is 0.493 e. The van der Waals surface area contributed by atoms with Crippen molar-refractivity contribution in [2.75, 3.05) is 19.5 Å². The molecule has 0 fully saturated rings. The lowest BCUT2D eigenvalue weighted by atomic mass is 9.69. The molecule has 142 valence electrons. The number of H-pyrrole nitrogens is 2. The van der Waals surface area contributed by atoms with Crippen molar-refractivity contribution < 1.29 is 14.3 Å². The molecule has 2 aliphatic rings. The summed E-state index contributed by atoms with van der Waals surface area (Å²) in [6.45, 7) is 4.16. The predicted molar refractivity (Wildman–Crippen MR) is 101 cm³/mol. The van der Waals surface area contributed by atoms with E-state index in [1.165, 1.54) is 0 Å². The molecule has 1 aliphatic carbocycles. The topological polar surface area (TPSA) is 96.2 Å². The molecule has 0 amide bonds. The maximum Gasteiger partial charge on any atom is 0.270 e. The number of rotatable bonds is 3. The molecule has 0 unspecified atom stereocenters. The number of fused-ring (bicyclic) bond motifs is 1. The van der Waals surface area contributed by atoms with E-state index in [0.29, 0.717) is 34.9 Å². The van der Waals surface area contributed by atoms with Crippen molar-refractivity contribution >= 4 is 11.6 Å². The van der Waals surface area contributed by atoms with Gasteiger partial charge >= 0.3 is 0 Å². The first-order valence-electron chi connectivity index (χ1n) is 8.90. The second-order valence-electron chi connectivity index (χ2n) is 7.87. The van der Waals surface area contributed by atoms with Crippen molar-refractivity contribution in [1.29, 1.82) is 0 Å². The molecule has 0 radical (unpaired) electrons. The lowest BCUT2D eigenvalue weighted by Crippen LogP contribution is -2.35. The van der Waals surface area contributed by atoms with E-state index in [2.05, 4.69) is 29.4 Å². The molecule has 0 saturated carbocycles. The molecular weight excluding hydrogens is 346 g/mol. The maximum atomic E-state index is 13.1. The molecule has 4 rings (SSSR count). The average molecular weight is 369 g/mol. The number of methoxy groups -OCH3 is 2. The Kier molecular flexibility index (Phi) is 3.91. The highest BCUT2D eigenvalue weighted by Gasteiger charge is 2.42. The monoisotopic (exact) mass is 369 g/mol. The Balaban J connectivity index is 1.93. The van der Waals surface area contributed by atoms with Gasteiger partial charge < -0.3 is 14.8 Å².